The average molecular weight is 415 g/mol. The van der Waals surface area contributed by atoms with Crippen LogP contribution in [-0.4, -0.2) is 55.5 Å². The van der Waals surface area contributed by atoms with Crippen LogP contribution >= 0.6 is 0 Å². The molecule has 162 valence electrons. The molecule has 0 unspecified atom stereocenters. The van der Waals surface area contributed by atoms with Gasteiger partial charge in [-0.05, 0) is 48.6 Å². The zero-order valence-electron chi connectivity index (χ0n) is 17.5. The lowest BCUT2D eigenvalue weighted by Gasteiger charge is -2.45. The lowest BCUT2D eigenvalue weighted by atomic mass is 9.78. The van der Waals surface area contributed by atoms with Crippen LogP contribution < -0.4 is 9.47 Å². The minimum Gasteiger partial charge on any atom is -0.504 e. The quantitative estimate of drug-likeness (QED) is 0.742. The van der Waals surface area contributed by atoms with E-state index in [4.69, 9.17) is 24.1 Å². The smallest absolute Gasteiger partial charge is 0.290 e. The summed E-state index contributed by atoms with van der Waals surface area (Å²) in [7, 11) is 3.30. The van der Waals surface area contributed by atoms with Crippen molar-refractivity contribution in [2.75, 3.05) is 33.9 Å². The zero-order valence-corrected chi connectivity index (χ0v) is 17.5. The lowest BCUT2D eigenvalue weighted by Crippen LogP contribution is -2.46. The Morgan fingerprint density at radius 2 is 1.83 bits per heavy atom. The summed E-state index contributed by atoms with van der Waals surface area (Å²) in [5.74, 6) is 1.65. The number of hydrogen-bond donors (Lipinski definition) is 2. The van der Waals surface area contributed by atoms with Crippen molar-refractivity contribution in [1.29, 1.82) is 0 Å². The molecule has 1 saturated heterocycles. The SMILES string of the molecule is COc1ccc(CN2CCC3(CC2)OCCc2cccc(OC)c23)cc1O.O=CO. The van der Waals surface area contributed by atoms with Crippen molar-refractivity contribution in [2.24, 2.45) is 0 Å². The number of piperidine rings is 1. The van der Waals surface area contributed by atoms with Crippen LogP contribution in [0.1, 0.15) is 29.5 Å². The Hall–Kier alpha value is -2.77. The van der Waals surface area contributed by atoms with Crippen LogP contribution in [0.3, 0.4) is 0 Å². The molecule has 0 aromatic heterocycles. The second kappa shape index (κ2) is 9.82. The maximum atomic E-state index is 10.0. The van der Waals surface area contributed by atoms with Crippen molar-refractivity contribution in [3.8, 4) is 17.2 Å². The molecule has 4 rings (SSSR count). The minimum absolute atomic E-state index is 0.192. The molecule has 1 fully saturated rings. The van der Waals surface area contributed by atoms with Crippen LogP contribution in [0.2, 0.25) is 0 Å². The fraction of sp³-hybridized carbons (Fsp3) is 0.435. The summed E-state index contributed by atoms with van der Waals surface area (Å²) >= 11 is 0. The summed E-state index contributed by atoms with van der Waals surface area (Å²) in [4.78, 5) is 10.8. The second-order valence-corrected chi connectivity index (χ2v) is 7.47. The van der Waals surface area contributed by atoms with Gasteiger partial charge in [-0.25, -0.2) is 0 Å². The number of hydrogen-bond acceptors (Lipinski definition) is 6. The second-order valence-electron chi connectivity index (χ2n) is 7.47. The topological polar surface area (TPSA) is 88.5 Å². The molecular weight excluding hydrogens is 386 g/mol. The first-order valence-electron chi connectivity index (χ1n) is 10.0. The Kier molecular flexibility index (Phi) is 7.18. The van der Waals surface area contributed by atoms with E-state index in [-0.39, 0.29) is 17.8 Å². The molecule has 2 aliphatic heterocycles. The number of aromatic hydroxyl groups is 1. The van der Waals surface area contributed by atoms with Crippen LogP contribution in [0.25, 0.3) is 0 Å². The van der Waals surface area contributed by atoms with E-state index in [1.165, 1.54) is 11.1 Å². The molecule has 1 spiro atoms. The van der Waals surface area contributed by atoms with Crippen LogP contribution in [0.5, 0.6) is 17.2 Å². The molecule has 0 amide bonds. The van der Waals surface area contributed by atoms with E-state index in [9.17, 15) is 5.11 Å². The van der Waals surface area contributed by atoms with Crippen molar-refractivity contribution in [3.63, 3.8) is 0 Å². The molecular formula is C23H29NO6. The normalized spacial score (nSPS) is 17.4. The Morgan fingerprint density at radius 3 is 2.47 bits per heavy atom. The van der Waals surface area contributed by atoms with Gasteiger partial charge in [0.1, 0.15) is 5.75 Å². The summed E-state index contributed by atoms with van der Waals surface area (Å²) in [6.45, 7) is 3.23. The van der Waals surface area contributed by atoms with E-state index in [0.717, 1.165) is 56.8 Å². The molecule has 0 atom stereocenters. The lowest BCUT2D eigenvalue weighted by molar-refractivity contribution is -0.122. The number of carbonyl (C=O) groups is 1. The third-order valence-corrected chi connectivity index (χ3v) is 5.85. The fourth-order valence-electron chi connectivity index (χ4n) is 4.46. The first kappa shape index (κ1) is 21.9. The number of likely N-dealkylation sites (tertiary alicyclic amines) is 1. The standard InChI is InChI=1S/C22H27NO4.CH2O2/c1-25-19-7-6-16(14-18(19)24)15-23-11-9-22(10-12-23)21-17(8-13-27-22)4-3-5-20(21)26-2;2-1-3/h3-7,14,24H,8-13,15H2,1-2H3;1H,(H,2,3). The summed E-state index contributed by atoms with van der Waals surface area (Å²) in [5.41, 5.74) is 3.46. The molecule has 2 N–H and O–H groups in total. The minimum atomic E-state index is -0.250. The maximum absolute atomic E-state index is 10.0. The van der Waals surface area contributed by atoms with Gasteiger partial charge in [0.05, 0.1) is 26.4 Å². The van der Waals surface area contributed by atoms with Gasteiger partial charge in [0.2, 0.25) is 0 Å². The van der Waals surface area contributed by atoms with Crippen molar-refractivity contribution in [2.45, 2.75) is 31.4 Å². The number of methoxy groups -OCH3 is 2. The van der Waals surface area contributed by atoms with Crippen LogP contribution in [0, 0.1) is 0 Å². The first-order valence-corrected chi connectivity index (χ1v) is 10.0. The van der Waals surface area contributed by atoms with Crippen molar-refractivity contribution < 1.29 is 29.2 Å². The fourth-order valence-corrected chi connectivity index (χ4v) is 4.46. The molecule has 2 aliphatic rings. The number of phenols is 1. The van der Waals surface area contributed by atoms with Crippen molar-refractivity contribution in [1.82, 2.24) is 4.90 Å². The van der Waals surface area contributed by atoms with E-state index in [0.29, 0.717) is 5.75 Å². The highest BCUT2D eigenvalue weighted by atomic mass is 16.5. The van der Waals surface area contributed by atoms with Gasteiger partial charge in [0.15, 0.2) is 11.5 Å². The number of fused-ring (bicyclic) bond motifs is 2. The van der Waals surface area contributed by atoms with Gasteiger partial charge < -0.3 is 24.4 Å². The third kappa shape index (κ3) is 4.52. The largest absolute Gasteiger partial charge is 0.504 e. The summed E-state index contributed by atoms with van der Waals surface area (Å²) < 4.78 is 17.2. The van der Waals surface area contributed by atoms with Gasteiger partial charge >= 0.3 is 0 Å². The number of rotatable bonds is 4. The van der Waals surface area contributed by atoms with Crippen molar-refractivity contribution >= 4 is 6.47 Å². The molecule has 2 aromatic rings. The Morgan fingerprint density at radius 1 is 1.13 bits per heavy atom. The number of carboxylic acid groups (broad SMARTS) is 1. The van der Waals surface area contributed by atoms with Gasteiger partial charge in [-0.3, -0.25) is 9.69 Å². The summed E-state index contributed by atoms with van der Waals surface area (Å²) in [6.07, 6.45) is 2.84. The summed E-state index contributed by atoms with van der Waals surface area (Å²) in [5, 5.41) is 16.9. The third-order valence-electron chi connectivity index (χ3n) is 5.85. The average Bonchev–Trinajstić information content (AvgIpc) is 2.76. The Bertz CT molecular complexity index is 847. The van der Waals surface area contributed by atoms with E-state index >= 15 is 0 Å². The van der Waals surface area contributed by atoms with Crippen LogP contribution in [0.15, 0.2) is 36.4 Å². The van der Waals surface area contributed by atoms with E-state index in [1.807, 2.05) is 18.2 Å². The molecule has 0 bridgehead atoms. The van der Waals surface area contributed by atoms with Gasteiger partial charge in [0, 0.05) is 25.2 Å². The highest BCUT2D eigenvalue weighted by Crippen LogP contribution is 2.46. The molecule has 0 aliphatic carbocycles. The zero-order chi connectivity index (χ0) is 21.6. The highest BCUT2D eigenvalue weighted by Gasteiger charge is 2.42. The number of phenolic OH excluding ortho intramolecular Hbond substituents is 1. The van der Waals surface area contributed by atoms with Gasteiger partial charge in [-0.15, -0.1) is 0 Å². The number of ether oxygens (including phenoxy) is 3. The predicted octanol–water partition coefficient (Wildman–Crippen LogP) is 3.17. The Balaban J connectivity index is 0.000000806. The van der Waals surface area contributed by atoms with Crippen molar-refractivity contribution in [3.05, 3.63) is 53.1 Å². The van der Waals surface area contributed by atoms with Crippen LogP contribution in [-0.2, 0) is 28.1 Å². The number of nitrogens with zero attached hydrogens (tertiary/aromatic N) is 1. The molecule has 2 aromatic carbocycles. The predicted molar refractivity (Wildman–Crippen MR) is 112 cm³/mol. The van der Waals surface area contributed by atoms with Crippen LogP contribution in [0.4, 0.5) is 0 Å². The van der Waals surface area contributed by atoms with E-state index in [1.54, 1.807) is 20.3 Å². The monoisotopic (exact) mass is 415 g/mol. The van der Waals surface area contributed by atoms with Gasteiger partial charge in [-0.1, -0.05) is 18.2 Å². The number of benzene rings is 2. The molecule has 7 nitrogen and oxygen atoms in total. The maximum Gasteiger partial charge on any atom is 0.290 e. The van der Waals surface area contributed by atoms with E-state index < -0.39 is 0 Å². The summed E-state index contributed by atoms with van der Waals surface area (Å²) in [6, 6.07) is 11.9. The molecule has 0 radical (unpaired) electrons. The molecule has 2 heterocycles. The first-order chi connectivity index (χ1) is 14.6. The van der Waals surface area contributed by atoms with Gasteiger partial charge in [0.25, 0.3) is 6.47 Å². The Labute approximate surface area is 176 Å². The van der Waals surface area contributed by atoms with E-state index in [2.05, 4.69) is 17.0 Å². The van der Waals surface area contributed by atoms with Gasteiger partial charge in [-0.2, -0.15) is 0 Å². The highest BCUT2D eigenvalue weighted by molar-refractivity contribution is 5.46. The molecule has 30 heavy (non-hydrogen) atoms. The molecule has 7 heteroatoms. The molecule has 0 saturated carbocycles.